The predicted octanol–water partition coefficient (Wildman–Crippen LogP) is 4.90. The van der Waals surface area contributed by atoms with Crippen LogP contribution in [0.2, 0.25) is 0 Å². The van der Waals surface area contributed by atoms with Crippen LogP contribution in [0.4, 0.5) is 5.69 Å². The highest BCUT2D eigenvalue weighted by Gasteiger charge is 2.08. The molecule has 3 rings (SSSR count). The molecule has 1 unspecified atom stereocenters. The van der Waals surface area contributed by atoms with Crippen LogP contribution < -0.4 is 5.32 Å². The number of hydrogen-bond acceptors (Lipinski definition) is 3. The van der Waals surface area contributed by atoms with Crippen molar-refractivity contribution in [2.45, 2.75) is 19.4 Å². The van der Waals surface area contributed by atoms with Gasteiger partial charge in [0.2, 0.25) is 0 Å². The highest BCUT2D eigenvalue weighted by molar-refractivity contribution is 5.60. The summed E-state index contributed by atoms with van der Waals surface area (Å²) in [6.45, 7) is 2.19. The Morgan fingerprint density at radius 3 is 2.43 bits per heavy atom. The van der Waals surface area contributed by atoms with Gasteiger partial charge in [0.1, 0.15) is 0 Å². The van der Waals surface area contributed by atoms with Crippen LogP contribution in [-0.4, -0.2) is 4.98 Å². The normalized spacial score (nSPS) is 12.0. The van der Waals surface area contributed by atoms with Gasteiger partial charge in [-0.1, -0.05) is 37.3 Å². The van der Waals surface area contributed by atoms with E-state index in [1.165, 1.54) is 12.0 Å². The zero-order chi connectivity index (χ0) is 14.5. The van der Waals surface area contributed by atoms with Crippen LogP contribution in [0.25, 0.3) is 11.3 Å². The Labute approximate surface area is 124 Å². The molecule has 0 bridgehead atoms. The van der Waals surface area contributed by atoms with Gasteiger partial charge in [0.15, 0.2) is 12.2 Å². The fourth-order valence-corrected chi connectivity index (χ4v) is 2.40. The first-order chi connectivity index (χ1) is 10.4. The smallest absolute Gasteiger partial charge is 0.181 e. The van der Waals surface area contributed by atoms with Gasteiger partial charge < -0.3 is 9.73 Å². The Kier molecular flexibility index (Phi) is 4.01. The van der Waals surface area contributed by atoms with E-state index in [9.17, 15) is 0 Å². The van der Waals surface area contributed by atoms with E-state index in [4.69, 9.17) is 4.42 Å². The van der Waals surface area contributed by atoms with Gasteiger partial charge in [-0.3, -0.25) is 0 Å². The van der Waals surface area contributed by atoms with E-state index in [1.54, 1.807) is 6.20 Å². The summed E-state index contributed by atoms with van der Waals surface area (Å²) >= 11 is 0. The maximum atomic E-state index is 5.30. The molecule has 0 spiro atoms. The van der Waals surface area contributed by atoms with E-state index >= 15 is 0 Å². The molecule has 0 amide bonds. The van der Waals surface area contributed by atoms with Gasteiger partial charge in [-0.2, -0.15) is 0 Å². The van der Waals surface area contributed by atoms with Crippen LogP contribution in [-0.2, 0) is 0 Å². The summed E-state index contributed by atoms with van der Waals surface area (Å²) in [5.74, 6) is 0.789. The lowest BCUT2D eigenvalue weighted by Gasteiger charge is -2.19. The SMILES string of the molecule is CCC(Nc1ccc(-c2cnco2)cc1)c1ccccc1. The van der Waals surface area contributed by atoms with Crippen molar-refractivity contribution in [3.8, 4) is 11.3 Å². The minimum Gasteiger partial charge on any atom is -0.444 e. The number of benzene rings is 2. The van der Waals surface area contributed by atoms with Crippen LogP contribution in [0, 0.1) is 0 Å². The van der Waals surface area contributed by atoms with Crippen molar-refractivity contribution < 1.29 is 4.42 Å². The molecule has 2 aromatic carbocycles. The number of anilines is 1. The molecule has 0 aliphatic rings. The van der Waals surface area contributed by atoms with Crippen molar-refractivity contribution in [2.75, 3.05) is 5.32 Å². The quantitative estimate of drug-likeness (QED) is 0.721. The molecule has 0 aliphatic carbocycles. The van der Waals surface area contributed by atoms with Gasteiger partial charge in [-0.05, 0) is 36.2 Å². The zero-order valence-electron chi connectivity index (χ0n) is 12.0. The molecular weight excluding hydrogens is 260 g/mol. The van der Waals surface area contributed by atoms with Crippen molar-refractivity contribution in [1.82, 2.24) is 4.98 Å². The highest BCUT2D eigenvalue weighted by Crippen LogP contribution is 2.25. The molecule has 3 heteroatoms. The Bertz CT molecular complexity index is 660. The zero-order valence-corrected chi connectivity index (χ0v) is 12.0. The molecule has 1 aromatic heterocycles. The van der Waals surface area contributed by atoms with Crippen molar-refractivity contribution in [3.63, 3.8) is 0 Å². The number of nitrogens with zero attached hydrogens (tertiary/aromatic N) is 1. The molecular formula is C18H18N2O. The molecule has 0 saturated carbocycles. The molecule has 0 fully saturated rings. The monoisotopic (exact) mass is 278 g/mol. The molecule has 21 heavy (non-hydrogen) atoms. The van der Waals surface area contributed by atoms with Gasteiger partial charge in [0.05, 0.1) is 12.2 Å². The molecule has 1 heterocycles. The van der Waals surface area contributed by atoms with E-state index in [1.807, 2.05) is 18.2 Å². The first kappa shape index (κ1) is 13.4. The number of hydrogen-bond donors (Lipinski definition) is 1. The third kappa shape index (κ3) is 3.14. The first-order valence-electron chi connectivity index (χ1n) is 7.17. The lowest BCUT2D eigenvalue weighted by atomic mass is 10.0. The minimum atomic E-state index is 0.322. The van der Waals surface area contributed by atoms with E-state index in [0.717, 1.165) is 23.4 Å². The Morgan fingerprint density at radius 1 is 1.05 bits per heavy atom. The Balaban J connectivity index is 1.75. The van der Waals surface area contributed by atoms with Crippen LogP contribution >= 0.6 is 0 Å². The van der Waals surface area contributed by atoms with E-state index in [0.29, 0.717) is 6.04 Å². The third-order valence-corrected chi connectivity index (χ3v) is 3.55. The number of rotatable bonds is 5. The number of aromatic nitrogens is 1. The molecule has 1 N–H and O–H groups in total. The van der Waals surface area contributed by atoms with E-state index in [-0.39, 0.29) is 0 Å². The summed E-state index contributed by atoms with van der Waals surface area (Å²) in [6.07, 6.45) is 4.21. The van der Waals surface area contributed by atoms with Crippen molar-refractivity contribution in [3.05, 3.63) is 72.8 Å². The Hall–Kier alpha value is -2.55. The van der Waals surface area contributed by atoms with Crippen molar-refractivity contribution in [1.29, 1.82) is 0 Å². The lowest BCUT2D eigenvalue weighted by molar-refractivity contribution is 0.572. The maximum absolute atomic E-state index is 5.30. The van der Waals surface area contributed by atoms with Gasteiger partial charge in [0.25, 0.3) is 0 Å². The van der Waals surface area contributed by atoms with Crippen LogP contribution in [0.5, 0.6) is 0 Å². The summed E-state index contributed by atoms with van der Waals surface area (Å²) in [6, 6.07) is 19.1. The number of oxazole rings is 1. The summed E-state index contributed by atoms with van der Waals surface area (Å²) in [4.78, 5) is 3.94. The summed E-state index contributed by atoms with van der Waals surface area (Å²) in [7, 11) is 0. The van der Waals surface area contributed by atoms with Crippen LogP contribution in [0.1, 0.15) is 24.9 Å². The minimum absolute atomic E-state index is 0.322. The summed E-state index contributed by atoms with van der Waals surface area (Å²) in [5, 5.41) is 3.57. The molecule has 3 aromatic rings. The topological polar surface area (TPSA) is 38.1 Å². The second-order valence-electron chi connectivity index (χ2n) is 4.96. The predicted molar refractivity (Wildman–Crippen MR) is 85.0 cm³/mol. The average Bonchev–Trinajstić information content (AvgIpc) is 3.08. The molecule has 0 radical (unpaired) electrons. The fraction of sp³-hybridized carbons (Fsp3) is 0.167. The van der Waals surface area contributed by atoms with Gasteiger partial charge in [-0.15, -0.1) is 0 Å². The lowest BCUT2D eigenvalue weighted by Crippen LogP contribution is -2.09. The van der Waals surface area contributed by atoms with Crippen molar-refractivity contribution in [2.24, 2.45) is 0 Å². The highest BCUT2D eigenvalue weighted by atomic mass is 16.3. The summed E-state index contributed by atoms with van der Waals surface area (Å²) < 4.78 is 5.30. The Morgan fingerprint density at radius 2 is 1.81 bits per heavy atom. The third-order valence-electron chi connectivity index (χ3n) is 3.55. The molecule has 106 valence electrons. The maximum Gasteiger partial charge on any atom is 0.181 e. The molecule has 1 atom stereocenters. The largest absolute Gasteiger partial charge is 0.444 e. The number of nitrogens with one attached hydrogen (secondary N) is 1. The summed E-state index contributed by atoms with van der Waals surface area (Å²) in [5.41, 5.74) is 3.44. The first-order valence-corrected chi connectivity index (χ1v) is 7.17. The van der Waals surface area contributed by atoms with Crippen LogP contribution in [0.15, 0.2) is 71.6 Å². The fourth-order valence-electron chi connectivity index (χ4n) is 2.40. The standard InChI is InChI=1S/C18H18N2O/c1-2-17(14-6-4-3-5-7-14)20-16-10-8-15(9-11-16)18-12-19-13-21-18/h3-13,17,20H,2H2,1H3. The van der Waals surface area contributed by atoms with E-state index in [2.05, 4.69) is 53.6 Å². The van der Waals surface area contributed by atoms with Crippen LogP contribution in [0.3, 0.4) is 0 Å². The average molecular weight is 278 g/mol. The second-order valence-corrected chi connectivity index (χ2v) is 4.96. The van der Waals surface area contributed by atoms with Gasteiger partial charge in [0, 0.05) is 11.3 Å². The molecule has 0 saturated heterocycles. The van der Waals surface area contributed by atoms with Gasteiger partial charge >= 0.3 is 0 Å². The molecule has 3 nitrogen and oxygen atoms in total. The van der Waals surface area contributed by atoms with Gasteiger partial charge in [-0.25, -0.2) is 4.98 Å². The second kappa shape index (κ2) is 6.27. The van der Waals surface area contributed by atoms with Crippen molar-refractivity contribution >= 4 is 5.69 Å². The van der Waals surface area contributed by atoms with E-state index < -0.39 is 0 Å². The molecule has 0 aliphatic heterocycles.